The summed E-state index contributed by atoms with van der Waals surface area (Å²) in [6.07, 6.45) is 2.96. The quantitative estimate of drug-likeness (QED) is 0.492. The van der Waals surface area contributed by atoms with Gasteiger partial charge in [0.05, 0.1) is 22.2 Å². The molecule has 0 unspecified atom stereocenters. The zero-order valence-corrected chi connectivity index (χ0v) is 17.7. The number of hydrogen-bond acceptors (Lipinski definition) is 7. The summed E-state index contributed by atoms with van der Waals surface area (Å²) < 4.78 is 31.4. The molecule has 5 N–H and O–H groups in total. The Kier molecular flexibility index (Phi) is 2.55. The van der Waals surface area contributed by atoms with Crippen LogP contribution in [0.2, 0.25) is 0 Å². The van der Waals surface area contributed by atoms with Crippen molar-refractivity contribution in [1.29, 1.82) is 0 Å². The average Bonchev–Trinajstić information content (AvgIpc) is 3.19. The maximum absolute atomic E-state index is 13.4. The van der Waals surface area contributed by atoms with E-state index in [-0.39, 0.29) is 45.3 Å². The lowest BCUT2D eigenvalue weighted by Crippen LogP contribution is -3.16. The molecule has 2 heterocycles. The minimum absolute atomic E-state index is 0.182. The van der Waals surface area contributed by atoms with Crippen molar-refractivity contribution in [1.82, 2.24) is 24.3 Å². The Morgan fingerprint density at radius 2 is 1.81 bits per heavy atom. The van der Waals surface area contributed by atoms with Gasteiger partial charge in [0.1, 0.15) is 6.33 Å². The molecule has 6 fully saturated rings. The topological polar surface area (TPSA) is 158 Å². The van der Waals surface area contributed by atoms with Crippen molar-refractivity contribution >= 4 is 27.4 Å². The monoisotopic (exact) mass is 449 g/mol. The molecule has 1 aromatic carbocycles. The van der Waals surface area contributed by atoms with Crippen LogP contribution >= 0.6 is 0 Å². The molecule has 32 heavy (non-hydrogen) atoms. The van der Waals surface area contributed by atoms with Crippen molar-refractivity contribution in [2.45, 2.75) is 17.4 Å². The predicted molar refractivity (Wildman–Crippen MR) is 111 cm³/mol. The number of nitrogens with zero attached hydrogens (tertiary/aromatic N) is 4. The van der Waals surface area contributed by atoms with Gasteiger partial charge in [0.25, 0.3) is 0 Å². The molecule has 0 aliphatic heterocycles. The van der Waals surface area contributed by atoms with Crippen molar-refractivity contribution < 1.29 is 13.2 Å². The molecule has 0 radical (unpaired) electrons. The summed E-state index contributed by atoms with van der Waals surface area (Å²) in [5, 5.41) is 4.22. The van der Waals surface area contributed by atoms with Gasteiger partial charge in [0.15, 0.2) is 11.5 Å². The van der Waals surface area contributed by atoms with Crippen LogP contribution in [0.15, 0.2) is 35.6 Å². The molecular formula is C21H19N7O3S. The second-order valence-corrected chi connectivity index (χ2v) is 11.7. The van der Waals surface area contributed by atoms with E-state index in [4.69, 9.17) is 11.5 Å². The smallest absolute Gasteiger partial charge is 0.241 e. The number of benzene rings is 1. The largest absolute Gasteiger partial charge is 0.381 e. The van der Waals surface area contributed by atoms with Crippen LogP contribution < -0.4 is 16.2 Å². The lowest BCUT2D eigenvalue weighted by molar-refractivity contribution is -0.605. The minimum Gasteiger partial charge on any atom is -0.381 e. The number of anilines is 1. The lowest BCUT2D eigenvalue weighted by atomic mass is 8.94. The molecule has 1 amide bonds. The SMILES string of the molecule is Cc1ccc(S(=O)(=O)NC23C4C5C2C2C3C4C52C(N)=O)cc1-c1cnc2c(N)ncnn12. The highest BCUT2D eigenvalue weighted by Crippen LogP contribution is 3.06. The number of rotatable bonds is 5. The zero-order valence-electron chi connectivity index (χ0n) is 16.9. The Hall–Kier alpha value is -3.05. The van der Waals surface area contributed by atoms with Crippen molar-refractivity contribution in [3.8, 4) is 11.3 Å². The van der Waals surface area contributed by atoms with E-state index in [0.29, 0.717) is 34.7 Å². The van der Waals surface area contributed by atoms with Gasteiger partial charge in [-0.05, 0) is 60.1 Å². The third kappa shape index (κ3) is 1.37. The van der Waals surface area contributed by atoms with Crippen LogP contribution in [0.1, 0.15) is 5.56 Å². The summed E-state index contributed by atoms with van der Waals surface area (Å²) in [6.45, 7) is 1.91. The van der Waals surface area contributed by atoms with Crippen LogP contribution in [0, 0.1) is 47.8 Å². The third-order valence-corrected chi connectivity index (χ3v) is 11.0. The maximum Gasteiger partial charge on any atom is 0.241 e. The number of nitrogen functional groups attached to an aromatic ring is 1. The van der Waals surface area contributed by atoms with Crippen LogP contribution in [0.4, 0.5) is 5.82 Å². The number of amides is 1. The summed E-state index contributed by atoms with van der Waals surface area (Å²) in [5.41, 5.74) is 13.6. The van der Waals surface area contributed by atoms with Crippen molar-refractivity contribution in [3.05, 3.63) is 36.3 Å². The second-order valence-electron chi connectivity index (χ2n) is 9.99. The number of imidazole rings is 1. The molecule has 0 bridgehead atoms. The van der Waals surface area contributed by atoms with E-state index < -0.39 is 10.0 Å². The van der Waals surface area contributed by atoms with Crippen LogP contribution in [0.5, 0.6) is 0 Å². The van der Waals surface area contributed by atoms with Gasteiger partial charge in [0.2, 0.25) is 15.9 Å². The Morgan fingerprint density at radius 1 is 1.12 bits per heavy atom. The molecule has 3 aromatic rings. The molecule has 6 aliphatic carbocycles. The van der Waals surface area contributed by atoms with Gasteiger partial charge >= 0.3 is 0 Å². The summed E-state index contributed by atoms with van der Waals surface area (Å²) in [7, 11) is -3.74. The Labute approximate surface area is 182 Å². The first kappa shape index (κ1) is 17.5. The third-order valence-electron chi connectivity index (χ3n) is 9.49. The number of nitrogens with one attached hydrogen (secondary N) is 1. The van der Waals surface area contributed by atoms with Crippen molar-refractivity contribution in [3.63, 3.8) is 0 Å². The van der Waals surface area contributed by atoms with E-state index in [1.807, 2.05) is 6.92 Å². The standard InChI is InChI=1S/C21H19N7O3S/c1-7-2-3-8(4-9(7)10-5-24-18-17(22)25-6-26-28(10)18)32(30,31)27-21-14-11-15(21)13-16(21)12(14)20(11,13)19(23)29/h2-6,11-16,27H,1H3,(H2,23,29)(H2,22,25,26). The van der Waals surface area contributed by atoms with E-state index >= 15 is 0 Å². The molecule has 0 spiro atoms. The number of primary amides is 1. The van der Waals surface area contributed by atoms with Crippen LogP contribution in [0.3, 0.4) is 0 Å². The Balaban J connectivity index is 1.15. The number of carbonyl (C=O) groups excluding carboxylic acids is 1. The first-order valence-electron chi connectivity index (χ1n) is 10.7. The fraction of sp³-hybridized carbons (Fsp3) is 0.429. The van der Waals surface area contributed by atoms with Crippen LogP contribution in [-0.2, 0) is 14.8 Å². The number of fused-ring (bicyclic) bond motifs is 1. The molecule has 2 aromatic heterocycles. The summed E-state index contributed by atoms with van der Waals surface area (Å²) in [5.74, 6) is 1.76. The van der Waals surface area contributed by atoms with Gasteiger partial charge in [-0.25, -0.2) is 27.6 Å². The van der Waals surface area contributed by atoms with Gasteiger partial charge in [-0.3, -0.25) is 4.79 Å². The van der Waals surface area contributed by atoms with E-state index in [9.17, 15) is 13.2 Å². The number of aryl methyl sites for hydroxylation is 1. The highest BCUT2D eigenvalue weighted by Gasteiger charge is 3.11. The average molecular weight is 449 g/mol. The minimum atomic E-state index is -3.74. The van der Waals surface area contributed by atoms with Crippen molar-refractivity contribution in [2.24, 2.45) is 46.7 Å². The molecule has 9 rings (SSSR count). The van der Waals surface area contributed by atoms with Gasteiger partial charge < -0.3 is 11.5 Å². The normalized spacial score (nSPS) is 41.0. The summed E-state index contributed by atoms with van der Waals surface area (Å²) >= 11 is 0. The zero-order chi connectivity index (χ0) is 21.9. The molecule has 0 saturated heterocycles. The highest BCUT2D eigenvalue weighted by molar-refractivity contribution is 7.89. The first-order valence-corrected chi connectivity index (χ1v) is 12.1. The van der Waals surface area contributed by atoms with E-state index in [2.05, 4.69) is 19.8 Å². The fourth-order valence-electron chi connectivity index (χ4n) is 8.58. The van der Waals surface area contributed by atoms with Gasteiger partial charge in [0, 0.05) is 11.1 Å². The second kappa shape index (κ2) is 4.67. The Morgan fingerprint density at radius 3 is 2.47 bits per heavy atom. The highest BCUT2D eigenvalue weighted by atomic mass is 32.2. The molecular weight excluding hydrogens is 430 g/mol. The number of sulfonamides is 1. The van der Waals surface area contributed by atoms with Gasteiger partial charge in [-0.1, -0.05) is 6.07 Å². The summed E-state index contributed by atoms with van der Waals surface area (Å²) in [4.78, 5) is 20.4. The molecule has 6 saturated carbocycles. The lowest BCUT2D eigenvalue weighted by Gasteiger charge is -3.10. The maximum atomic E-state index is 13.4. The van der Waals surface area contributed by atoms with Crippen molar-refractivity contribution in [2.75, 3.05) is 5.73 Å². The van der Waals surface area contributed by atoms with Crippen LogP contribution in [0.25, 0.3) is 16.9 Å². The summed E-state index contributed by atoms with van der Waals surface area (Å²) in [6, 6.07) is 5.07. The van der Waals surface area contributed by atoms with E-state index in [0.717, 1.165) is 5.56 Å². The number of aromatic nitrogens is 4. The molecule has 10 nitrogen and oxygen atoms in total. The number of nitrogens with two attached hydrogens (primary N) is 2. The number of carbonyl (C=O) groups is 1. The molecule has 162 valence electrons. The van der Waals surface area contributed by atoms with E-state index in [1.54, 1.807) is 28.9 Å². The van der Waals surface area contributed by atoms with E-state index in [1.165, 1.54) is 6.33 Å². The molecule has 11 heteroatoms. The van der Waals surface area contributed by atoms with Crippen LogP contribution in [-0.4, -0.2) is 39.4 Å². The predicted octanol–water partition coefficient (Wildman–Crippen LogP) is -0.0641. The van der Waals surface area contributed by atoms with Gasteiger partial charge in [-0.15, -0.1) is 0 Å². The Bertz CT molecular complexity index is 1490. The molecule has 0 atom stereocenters. The fourth-order valence-corrected chi connectivity index (χ4v) is 10.1. The number of hydrogen-bond donors (Lipinski definition) is 3. The first-order chi connectivity index (χ1) is 15.3. The van der Waals surface area contributed by atoms with Gasteiger partial charge in [-0.2, -0.15) is 5.10 Å². The molecule has 6 aliphatic rings.